The van der Waals surface area contributed by atoms with Gasteiger partial charge >= 0.3 is 0 Å². The van der Waals surface area contributed by atoms with Gasteiger partial charge in [0.15, 0.2) is 0 Å². The van der Waals surface area contributed by atoms with Crippen LogP contribution in [-0.2, 0) is 4.79 Å². The molecule has 1 aliphatic rings. The van der Waals surface area contributed by atoms with Crippen LogP contribution in [0.5, 0.6) is 0 Å². The molecule has 2 N–H and O–H groups in total. The zero-order chi connectivity index (χ0) is 25.7. The molecular weight excluding hydrogens is 422 g/mol. The molecule has 34 heavy (non-hydrogen) atoms. The van der Waals surface area contributed by atoms with Gasteiger partial charge in [0.05, 0.1) is 5.70 Å². The van der Waals surface area contributed by atoms with Crippen LogP contribution in [0.4, 0.5) is 5.69 Å². The molecule has 1 unspecified atom stereocenters. The lowest BCUT2D eigenvalue weighted by atomic mass is 10.0. The first-order valence-electron chi connectivity index (χ1n) is 12.5. The quantitative estimate of drug-likeness (QED) is 0.367. The van der Waals surface area contributed by atoms with Crippen LogP contribution in [0, 0.1) is 5.92 Å². The molecule has 0 fully saturated rings. The predicted octanol–water partition coefficient (Wildman–Crippen LogP) is 6.84. The molecule has 1 heterocycles. The second kappa shape index (κ2) is 15.2. The molecule has 1 aromatic carbocycles. The van der Waals surface area contributed by atoms with Crippen molar-refractivity contribution >= 4 is 23.5 Å². The Morgan fingerprint density at radius 2 is 1.94 bits per heavy atom. The highest BCUT2D eigenvalue weighted by Crippen LogP contribution is 2.20. The Bertz CT molecular complexity index is 909. The predicted molar refractivity (Wildman–Crippen MR) is 152 cm³/mol. The van der Waals surface area contributed by atoms with Crippen LogP contribution in [0.15, 0.2) is 57.9 Å². The summed E-state index contributed by atoms with van der Waals surface area (Å²) in [5.74, 6) is 0.281. The van der Waals surface area contributed by atoms with E-state index in [1.165, 1.54) is 0 Å². The Morgan fingerprint density at radius 1 is 1.24 bits per heavy atom. The normalized spacial score (nSPS) is 15.8. The van der Waals surface area contributed by atoms with Gasteiger partial charge in [-0.15, -0.1) is 0 Å². The third-order valence-electron chi connectivity index (χ3n) is 5.54. The summed E-state index contributed by atoms with van der Waals surface area (Å²) in [6.07, 6.45) is 7.33. The van der Waals surface area contributed by atoms with E-state index in [1.807, 2.05) is 45.2 Å². The molecule has 0 aliphatic carbocycles. The maximum atomic E-state index is 12.5. The van der Waals surface area contributed by atoms with E-state index in [9.17, 15) is 4.79 Å². The molecule has 2 rings (SSSR count). The number of allylic oxidation sites excluding steroid dienone is 1. The number of anilines is 1. The summed E-state index contributed by atoms with van der Waals surface area (Å²) in [6, 6.07) is 8.19. The van der Waals surface area contributed by atoms with Gasteiger partial charge in [0, 0.05) is 64.1 Å². The summed E-state index contributed by atoms with van der Waals surface area (Å²) in [4.78, 5) is 23.7. The van der Waals surface area contributed by atoms with Gasteiger partial charge in [-0.25, -0.2) is 0 Å². The third kappa shape index (κ3) is 10.0. The molecule has 2 atom stereocenters. The minimum Gasteiger partial charge on any atom is -0.379 e. The number of aliphatic imine (C=N–C) groups is 2. The van der Waals surface area contributed by atoms with E-state index in [-0.39, 0.29) is 20.8 Å². The molecule has 6 nitrogen and oxygen atoms in total. The van der Waals surface area contributed by atoms with Crippen LogP contribution in [0.25, 0.3) is 0 Å². The van der Waals surface area contributed by atoms with E-state index in [0.29, 0.717) is 5.92 Å². The first kappa shape index (κ1) is 29.3. The summed E-state index contributed by atoms with van der Waals surface area (Å²) >= 11 is 0. The van der Waals surface area contributed by atoms with Crippen LogP contribution in [0.1, 0.15) is 82.7 Å². The van der Waals surface area contributed by atoms with E-state index in [0.717, 1.165) is 47.6 Å². The molecule has 0 spiro atoms. The number of carbonyl (C=O) groups is 1. The van der Waals surface area contributed by atoms with Crippen LogP contribution in [0.2, 0.25) is 0 Å². The van der Waals surface area contributed by atoms with Crippen molar-refractivity contribution in [3.8, 4) is 0 Å². The van der Waals surface area contributed by atoms with Crippen LogP contribution >= 0.6 is 0 Å². The fourth-order valence-electron chi connectivity index (χ4n) is 3.28. The van der Waals surface area contributed by atoms with Crippen molar-refractivity contribution in [2.45, 2.75) is 80.3 Å². The van der Waals surface area contributed by atoms with Gasteiger partial charge in [-0.2, -0.15) is 0 Å². The first-order valence-corrected chi connectivity index (χ1v) is 12.5. The zero-order valence-electron chi connectivity index (χ0n) is 22.6. The highest BCUT2D eigenvalue weighted by molar-refractivity contribution is 6.05. The molecule has 192 valence electrons. The van der Waals surface area contributed by atoms with Crippen molar-refractivity contribution in [1.82, 2.24) is 10.2 Å². The van der Waals surface area contributed by atoms with E-state index < -0.39 is 0 Å². The monoisotopic (exact) mass is 471 g/mol. The molecular formula is C28H49N5O. The van der Waals surface area contributed by atoms with Crippen molar-refractivity contribution in [2.75, 3.05) is 18.9 Å². The lowest BCUT2D eigenvalue weighted by Crippen LogP contribution is -2.30. The Labute approximate surface area is 210 Å². The summed E-state index contributed by atoms with van der Waals surface area (Å²) < 4.78 is 0. The number of hydrogen-bond acceptors (Lipinski definition) is 5. The van der Waals surface area contributed by atoms with Crippen molar-refractivity contribution in [3.05, 3.63) is 53.5 Å². The number of benzene rings is 1. The lowest BCUT2D eigenvalue weighted by Gasteiger charge is -2.19. The fraction of sp³-hybridized carbons (Fsp3) is 0.536. The maximum Gasteiger partial charge on any atom is 0.253 e. The molecule has 0 aromatic heterocycles. The standard InChI is InChI=1S/C26H39N5O.C2H6.2H2/c1-8-31(7)17-25(18(2)3)28-15-20(5)29-21(6)22-10-9-11-24(14-22)30-26(32)23-13-12-19(4)27-16-23;1-2;;/h9-11,14-18,20-21,29H,8,12-13H2,1-7H3,(H,30,32);1-2H3;2*1H/b25-17+,28-15?;;;/t20?,21-;;;/m0.../s1. The number of nitrogens with one attached hydrogen (secondary N) is 2. The minimum atomic E-state index is -0.0791. The second-order valence-electron chi connectivity index (χ2n) is 8.84. The Balaban J connectivity index is 0. The number of amides is 1. The molecule has 6 heteroatoms. The SMILES string of the molecule is CC.CCN(C)/C=C(/N=CC(C)N[C@@H](C)c1cccc(NC(=O)C2=CN=C(C)CC2)c1)C(C)C.[HH].[HH]. The van der Waals surface area contributed by atoms with E-state index in [2.05, 4.69) is 74.5 Å². The van der Waals surface area contributed by atoms with Gasteiger partial charge in [0.25, 0.3) is 5.91 Å². The highest BCUT2D eigenvalue weighted by Gasteiger charge is 2.14. The number of nitrogens with zero attached hydrogens (tertiary/aromatic N) is 3. The average Bonchev–Trinajstić information content (AvgIpc) is 2.83. The van der Waals surface area contributed by atoms with E-state index in [4.69, 9.17) is 4.99 Å². The van der Waals surface area contributed by atoms with Gasteiger partial charge in [0.2, 0.25) is 0 Å². The highest BCUT2D eigenvalue weighted by atomic mass is 16.1. The van der Waals surface area contributed by atoms with Crippen LogP contribution in [0.3, 0.4) is 0 Å². The van der Waals surface area contributed by atoms with Gasteiger partial charge in [-0.1, -0.05) is 39.8 Å². The van der Waals surface area contributed by atoms with E-state index >= 15 is 0 Å². The molecule has 0 bridgehead atoms. The molecule has 1 amide bonds. The van der Waals surface area contributed by atoms with Gasteiger partial charge < -0.3 is 15.5 Å². The minimum absolute atomic E-state index is 0. The Kier molecular flexibility index (Phi) is 13.1. The van der Waals surface area contributed by atoms with Crippen LogP contribution in [-0.4, -0.2) is 42.4 Å². The number of carbonyl (C=O) groups excluding carboxylic acids is 1. The van der Waals surface area contributed by atoms with Crippen molar-refractivity contribution in [3.63, 3.8) is 0 Å². The summed E-state index contributed by atoms with van der Waals surface area (Å²) in [6.45, 7) is 17.6. The number of rotatable bonds is 10. The molecule has 0 radical (unpaired) electrons. The Hall–Kier alpha value is -2.73. The summed E-state index contributed by atoms with van der Waals surface area (Å²) in [5, 5.41) is 6.58. The summed E-state index contributed by atoms with van der Waals surface area (Å²) in [7, 11) is 2.06. The molecule has 1 aromatic rings. The average molecular weight is 472 g/mol. The number of hydrogen-bond donors (Lipinski definition) is 2. The van der Waals surface area contributed by atoms with Crippen molar-refractivity contribution in [1.29, 1.82) is 0 Å². The smallest absolute Gasteiger partial charge is 0.253 e. The fourth-order valence-corrected chi connectivity index (χ4v) is 3.28. The Morgan fingerprint density at radius 3 is 2.53 bits per heavy atom. The second-order valence-corrected chi connectivity index (χ2v) is 8.84. The lowest BCUT2D eigenvalue weighted by molar-refractivity contribution is -0.113. The van der Waals surface area contributed by atoms with Gasteiger partial charge in [0.1, 0.15) is 0 Å². The first-order chi connectivity index (χ1) is 16.2. The topological polar surface area (TPSA) is 69.1 Å². The molecule has 0 saturated heterocycles. The van der Waals surface area contributed by atoms with Gasteiger partial charge in [-0.3, -0.25) is 14.8 Å². The third-order valence-corrected chi connectivity index (χ3v) is 5.54. The van der Waals surface area contributed by atoms with Crippen molar-refractivity contribution in [2.24, 2.45) is 15.9 Å². The largest absolute Gasteiger partial charge is 0.379 e. The summed E-state index contributed by atoms with van der Waals surface area (Å²) in [5.41, 5.74) is 4.76. The van der Waals surface area contributed by atoms with Crippen LogP contribution < -0.4 is 10.6 Å². The zero-order valence-corrected chi connectivity index (χ0v) is 22.6. The van der Waals surface area contributed by atoms with Gasteiger partial charge in [-0.05, 0) is 64.2 Å². The molecule has 1 aliphatic heterocycles. The maximum absolute atomic E-state index is 12.5. The van der Waals surface area contributed by atoms with E-state index in [1.54, 1.807) is 6.20 Å². The molecule has 0 saturated carbocycles. The van der Waals surface area contributed by atoms with Crippen molar-refractivity contribution < 1.29 is 7.65 Å².